The van der Waals surface area contributed by atoms with Crippen LogP contribution < -0.4 is 0 Å². The first-order valence-corrected chi connectivity index (χ1v) is 10.5. The van der Waals surface area contributed by atoms with Gasteiger partial charge < -0.3 is 14.4 Å². The van der Waals surface area contributed by atoms with E-state index in [4.69, 9.17) is 9.47 Å². The Bertz CT molecular complexity index is 742. The van der Waals surface area contributed by atoms with Crippen LogP contribution in [-0.4, -0.2) is 74.6 Å². The number of hydrogen-bond acceptors (Lipinski definition) is 6. The van der Waals surface area contributed by atoms with E-state index in [0.717, 1.165) is 56.6 Å². The fraction of sp³-hybridized carbons (Fsp3) is 0.565. The van der Waals surface area contributed by atoms with Gasteiger partial charge in [0, 0.05) is 31.3 Å². The predicted octanol–water partition coefficient (Wildman–Crippen LogP) is 2.95. The SMILES string of the molecule is C=C/C=C1/C(C2=CCN(C(C(=O)OCC)C3CCN(C)CC3)CC2)=COC1=NC. The number of aliphatic imine (C=N–C) groups is 1. The first kappa shape index (κ1) is 21.5. The minimum Gasteiger partial charge on any atom is -0.465 e. The van der Waals surface area contributed by atoms with Crippen molar-refractivity contribution in [3.63, 3.8) is 0 Å². The summed E-state index contributed by atoms with van der Waals surface area (Å²) in [4.78, 5) is 21.6. The topological polar surface area (TPSA) is 54.4 Å². The molecule has 1 unspecified atom stereocenters. The Hall–Kier alpha value is -2.18. The molecule has 0 aromatic heterocycles. The maximum absolute atomic E-state index is 12.8. The standard InChI is InChI=1S/C23H33N3O3/c1-5-7-19-20(16-29-22(19)24-3)17-10-14-26(15-11-17)21(23(27)28-6-2)18-8-12-25(4)13-9-18/h5,7,10,16,18,21H,1,6,8-9,11-15H2,2-4H3/b19-7-,24-22?. The molecule has 0 spiro atoms. The number of carbonyl (C=O) groups excluding carboxylic acids is 1. The quantitative estimate of drug-likeness (QED) is 0.643. The summed E-state index contributed by atoms with van der Waals surface area (Å²) in [6, 6.07) is -0.161. The smallest absolute Gasteiger partial charge is 0.323 e. The summed E-state index contributed by atoms with van der Waals surface area (Å²) in [7, 11) is 3.87. The second kappa shape index (κ2) is 10.0. The molecule has 3 aliphatic heterocycles. The molecule has 0 aliphatic carbocycles. The molecule has 0 amide bonds. The van der Waals surface area contributed by atoms with Gasteiger partial charge >= 0.3 is 5.97 Å². The second-order valence-corrected chi connectivity index (χ2v) is 7.81. The van der Waals surface area contributed by atoms with Gasteiger partial charge in [-0.3, -0.25) is 14.7 Å². The molecule has 0 radical (unpaired) electrons. The number of ether oxygens (including phenoxy) is 2. The summed E-state index contributed by atoms with van der Waals surface area (Å²) in [6.45, 7) is 9.75. The Morgan fingerprint density at radius 1 is 1.41 bits per heavy atom. The maximum Gasteiger partial charge on any atom is 0.323 e. The number of carbonyl (C=O) groups is 1. The minimum atomic E-state index is -0.161. The Labute approximate surface area is 174 Å². The van der Waals surface area contributed by atoms with Gasteiger partial charge in [-0.2, -0.15) is 0 Å². The van der Waals surface area contributed by atoms with E-state index in [2.05, 4.69) is 34.5 Å². The number of esters is 1. The zero-order valence-electron chi connectivity index (χ0n) is 17.9. The highest BCUT2D eigenvalue weighted by molar-refractivity contribution is 6.02. The van der Waals surface area contributed by atoms with Crippen molar-refractivity contribution in [3.05, 3.63) is 47.8 Å². The highest BCUT2D eigenvalue weighted by Gasteiger charge is 2.37. The van der Waals surface area contributed by atoms with E-state index >= 15 is 0 Å². The number of rotatable bonds is 6. The first-order chi connectivity index (χ1) is 14.1. The number of piperidine rings is 1. The van der Waals surface area contributed by atoms with Crippen LogP contribution in [0.3, 0.4) is 0 Å². The van der Waals surface area contributed by atoms with Crippen molar-refractivity contribution < 1.29 is 14.3 Å². The van der Waals surface area contributed by atoms with Crippen molar-refractivity contribution in [1.29, 1.82) is 0 Å². The summed E-state index contributed by atoms with van der Waals surface area (Å²) >= 11 is 0. The van der Waals surface area contributed by atoms with E-state index in [1.54, 1.807) is 19.4 Å². The van der Waals surface area contributed by atoms with Gasteiger partial charge in [0.05, 0.1) is 6.61 Å². The van der Waals surface area contributed by atoms with Crippen LogP contribution in [0.25, 0.3) is 0 Å². The molecule has 29 heavy (non-hydrogen) atoms. The maximum atomic E-state index is 12.8. The van der Waals surface area contributed by atoms with Crippen LogP contribution in [0.15, 0.2) is 52.8 Å². The molecule has 1 saturated heterocycles. The van der Waals surface area contributed by atoms with Crippen molar-refractivity contribution >= 4 is 11.9 Å². The minimum absolute atomic E-state index is 0.0741. The molecule has 6 heteroatoms. The van der Waals surface area contributed by atoms with Gasteiger partial charge in [0.25, 0.3) is 0 Å². The van der Waals surface area contributed by atoms with E-state index in [1.165, 1.54) is 5.57 Å². The second-order valence-electron chi connectivity index (χ2n) is 7.81. The van der Waals surface area contributed by atoms with E-state index in [0.29, 0.717) is 18.4 Å². The number of allylic oxidation sites excluding steroid dienone is 2. The van der Waals surface area contributed by atoms with Crippen LogP contribution >= 0.6 is 0 Å². The zero-order chi connectivity index (χ0) is 20.8. The third kappa shape index (κ3) is 4.87. The fourth-order valence-electron chi connectivity index (χ4n) is 4.45. The molecule has 0 aromatic carbocycles. The average molecular weight is 400 g/mol. The van der Waals surface area contributed by atoms with Crippen molar-refractivity contribution in [2.24, 2.45) is 10.9 Å². The van der Waals surface area contributed by atoms with Crippen LogP contribution in [0.1, 0.15) is 26.2 Å². The molecule has 6 nitrogen and oxygen atoms in total. The molecule has 1 atom stereocenters. The van der Waals surface area contributed by atoms with Gasteiger partial charge in [-0.25, -0.2) is 0 Å². The predicted molar refractivity (Wildman–Crippen MR) is 116 cm³/mol. The van der Waals surface area contributed by atoms with Crippen molar-refractivity contribution in [2.45, 2.75) is 32.2 Å². The Morgan fingerprint density at radius 2 is 2.17 bits per heavy atom. The van der Waals surface area contributed by atoms with E-state index in [9.17, 15) is 4.79 Å². The van der Waals surface area contributed by atoms with Gasteiger partial charge in [-0.05, 0) is 63.9 Å². The Morgan fingerprint density at radius 3 is 2.76 bits per heavy atom. The summed E-state index contributed by atoms with van der Waals surface area (Å²) in [6.07, 6.45) is 10.6. The zero-order valence-corrected chi connectivity index (χ0v) is 17.9. The number of hydrogen-bond donors (Lipinski definition) is 0. The van der Waals surface area contributed by atoms with Gasteiger partial charge in [-0.1, -0.05) is 18.7 Å². The molecule has 0 N–H and O–H groups in total. The Kier molecular flexibility index (Phi) is 7.45. The summed E-state index contributed by atoms with van der Waals surface area (Å²) in [5.74, 6) is 0.901. The number of nitrogens with zero attached hydrogens (tertiary/aromatic N) is 3. The van der Waals surface area contributed by atoms with Gasteiger partial charge in [0.15, 0.2) is 0 Å². The average Bonchev–Trinajstić information content (AvgIpc) is 3.13. The lowest BCUT2D eigenvalue weighted by atomic mass is 9.87. The van der Waals surface area contributed by atoms with Crippen LogP contribution in [-0.2, 0) is 14.3 Å². The molecular formula is C23H33N3O3. The third-order valence-electron chi connectivity index (χ3n) is 6.01. The highest BCUT2D eigenvalue weighted by atomic mass is 16.5. The third-order valence-corrected chi connectivity index (χ3v) is 6.01. The first-order valence-electron chi connectivity index (χ1n) is 10.5. The summed E-state index contributed by atoms with van der Waals surface area (Å²) < 4.78 is 11.1. The molecule has 0 aromatic rings. The van der Waals surface area contributed by atoms with Crippen LogP contribution in [0, 0.1) is 5.92 Å². The molecule has 158 valence electrons. The van der Waals surface area contributed by atoms with Gasteiger partial charge in [-0.15, -0.1) is 0 Å². The molecule has 3 aliphatic rings. The summed E-state index contributed by atoms with van der Waals surface area (Å²) in [5.41, 5.74) is 3.27. The van der Waals surface area contributed by atoms with Crippen molar-refractivity contribution in [3.8, 4) is 0 Å². The van der Waals surface area contributed by atoms with Crippen molar-refractivity contribution in [1.82, 2.24) is 9.80 Å². The number of likely N-dealkylation sites (tertiary alicyclic amines) is 1. The summed E-state index contributed by atoms with van der Waals surface area (Å²) in [5, 5.41) is 0. The van der Waals surface area contributed by atoms with E-state index < -0.39 is 0 Å². The molecule has 0 saturated carbocycles. The van der Waals surface area contributed by atoms with E-state index in [1.807, 2.05) is 13.0 Å². The molecular weight excluding hydrogens is 366 g/mol. The molecule has 0 bridgehead atoms. The van der Waals surface area contributed by atoms with Crippen LogP contribution in [0.4, 0.5) is 0 Å². The lowest BCUT2D eigenvalue weighted by molar-refractivity contribution is -0.152. The highest BCUT2D eigenvalue weighted by Crippen LogP contribution is 2.33. The van der Waals surface area contributed by atoms with Crippen LogP contribution in [0.2, 0.25) is 0 Å². The van der Waals surface area contributed by atoms with Crippen LogP contribution in [0.5, 0.6) is 0 Å². The normalized spacial score (nSPS) is 25.5. The Balaban J connectivity index is 1.75. The van der Waals surface area contributed by atoms with E-state index in [-0.39, 0.29) is 12.0 Å². The largest absolute Gasteiger partial charge is 0.465 e. The van der Waals surface area contributed by atoms with Gasteiger partial charge in [0.2, 0.25) is 5.90 Å². The molecule has 3 rings (SSSR count). The molecule has 1 fully saturated rings. The van der Waals surface area contributed by atoms with Crippen molar-refractivity contribution in [2.75, 3.05) is 46.9 Å². The fourth-order valence-corrected chi connectivity index (χ4v) is 4.45. The lowest BCUT2D eigenvalue weighted by Gasteiger charge is -2.40. The van der Waals surface area contributed by atoms with Gasteiger partial charge in [0.1, 0.15) is 12.3 Å². The lowest BCUT2D eigenvalue weighted by Crippen LogP contribution is -2.51. The monoisotopic (exact) mass is 399 g/mol. The molecule has 3 heterocycles.